The van der Waals surface area contributed by atoms with Crippen molar-refractivity contribution in [3.05, 3.63) is 34.9 Å². The van der Waals surface area contributed by atoms with Gasteiger partial charge in [0.25, 0.3) is 0 Å². The molecule has 1 saturated heterocycles. The van der Waals surface area contributed by atoms with Crippen LogP contribution in [-0.4, -0.2) is 34.4 Å². The number of ether oxygens (including phenoxy) is 1. The van der Waals surface area contributed by atoms with Crippen LogP contribution in [0.1, 0.15) is 51.5 Å². The molecule has 2 N–H and O–H groups in total. The standard InChI is InChI=1S/C14H14O5/c15-13(16)9-5-1-3-7(11(9)14(17)18)8-4-2-6-10-12(8)19-10/h1,3,5,8,10,12H,2,4,6H2,(H,15,16)(H,17,18). The molecule has 2 aliphatic rings. The van der Waals surface area contributed by atoms with Crippen LogP contribution in [0.2, 0.25) is 0 Å². The van der Waals surface area contributed by atoms with E-state index in [1.54, 1.807) is 12.1 Å². The molecular weight excluding hydrogens is 248 g/mol. The SMILES string of the molecule is O=C(O)c1cccc(C2CCCC3OC32)c1C(=O)O. The second-order valence-electron chi connectivity index (χ2n) is 5.06. The van der Waals surface area contributed by atoms with Gasteiger partial charge in [0.2, 0.25) is 0 Å². The van der Waals surface area contributed by atoms with Crippen LogP contribution in [-0.2, 0) is 4.74 Å². The van der Waals surface area contributed by atoms with E-state index in [0.29, 0.717) is 5.56 Å². The summed E-state index contributed by atoms with van der Waals surface area (Å²) in [4.78, 5) is 22.6. The minimum atomic E-state index is -1.21. The molecule has 5 nitrogen and oxygen atoms in total. The lowest BCUT2D eigenvalue weighted by Gasteiger charge is -2.21. The lowest BCUT2D eigenvalue weighted by atomic mass is 9.81. The van der Waals surface area contributed by atoms with Crippen molar-refractivity contribution < 1.29 is 24.5 Å². The largest absolute Gasteiger partial charge is 0.478 e. The van der Waals surface area contributed by atoms with E-state index in [9.17, 15) is 14.7 Å². The highest BCUT2D eigenvalue weighted by Gasteiger charge is 2.48. The number of carbonyl (C=O) groups is 2. The first kappa shape index (κ1) is 12.2. The van der Waals surface area contributed by atoms with E-state index < -0.39 is 11.9 Å². The highest BCUT2D eigenvalue weighted by Crippen LogP contribution is 2.46. The Morgan fingerprint density at radius 3 is 2.63 bits per heavy atom. The first-order chi connectivity index (χ1) is 9.09. The molecule has 100 valence electrons. The smallest absolute Gasteiger partial charge is 0.336 e. The van der Waals surface area contributed by atoms with Gasteiger partial charge < -0.3 is 14.9 Å². The van der Waals surface area contributed by atoms with Gasteiger partial charge >= 0.3 is 11.9 Å². The Hall–Kier alpha value is -1.88. The molecule has 3 unspecified atom stereocenters. The molecule has 5 heteroatoms. The van der Waals surface area contributed by atoms with E-state index >= 15 is 0 Å². The van der Waals surface area contributed by atoms with Crippen molar-refractivity contribution in [2.24, 2.45) is 0 Å². The van der Waals surface area contributed by atoms with Crippen LogP contribution in [0.25, 0.3) is 0 Å². The predicted octanol–water partition coefficient (Wildman–Crippen LogP) is 2.12. The fourth-order valence-electron chi connectivity index (χ4n) is 3.07. The van der Waals surface area contributed by atoms with Gasteiger partial charge in [-0.05, 0) is 24.5 Å². The molecule has 1 aromatic carbocycles. The van der Waals surface area contributed by atoms with Crippen LogP contribution in [0.5, 0.6) is 0 Å². The zero-order chi connectivity index (χ0) is 13.6. The summed E-state index contributed by atoms with van der Waals surface area (Å²) in [6.07, 6.45) is 3.15. The van der Waals surface area contributed by atoms with Gasteiger partial charge in [0.15, 0.2) is 0 Å². The average Bonchev–Trinajstić information content (AvgIpc) is 3.16. The quantitative estimate of drug-likeness (QED) is 0.815. The summed E-state index contributed by atoms with van der Waals surface area (Å²) in [7, 11) is 0. The zero-order valence-corrected chi connectivity index (χ0v) is 10.2. The summed E-state index contributed by atoms with van der Waals surface area (Å²) in [6, 6.07) is 4.66. The third-order valence-electron chi connectivity index (χ3n) is 3.96. The number of carboxylic acids is 2. The summed E-state index contributed by atoms with van der Waals surface area (Å²) in [6.45, 7) is 0. The molecule has 0 aromatic heterocycles. The summed E-state index contributed by atoms with van der Waals surface area (Å²) >= 11 is 0. The number of hydrogen-bond donors (Lipinski definition) is 2. The Morgan fingerprint density at radius 1 is 1.16 bits per heavy atom. The van der Waals surface area contributed by atoms with E-state index in [4.69, 9.17) is 9.84 Å². The van der Waals surface area contributed by atoms with E-state index in [2.05, 4.69) is 0 Å². The fraction of sp³-hybridized carbons (Fsp3) is 0.429. The first-order valence-corrected chi connectivity index (χ1v) is 6.34. The Bertz CT molecular complexity index is 551. The second kappa shape index (κ2) is 4.35. The normalized spacial score (nSPS) is 28.5. The summed E-state index contributed by atoms with van der Waals surface area (Å²) in [5, 5.41) is 18.4. The number of aromatic carboxylic acids is 2. The minimum Gasteiger partial charge on any atom is -0.478 e. The zero-order valence-electron chi connectivity index (χ0n) is 10.2. The highest BCUT2D eigenvalue weighted by molar-refractivity contribution is 6.02. The van der Waals surface area contributed by atoms with E-state index in [1.807, 2.05) is 0 Å². The third kappa shape index (κ3) is 2.00. The molecule has 0 spiro atoms. The third-order valence-corrected chi connectivity index (χ3v) is 3.96. The Kier molecular flexibility index (Phi) is 2.78. The predicted molar refractivity (Wildman–Crippen MR) is 65.6 cm³/mol. The van der Waals surface area contributed by atoms with E-state index in [0.717, 1.165) is 19.3 Å². The molecule has 1 heterocycles. The monoisotopic (exact) mass is 262 g/mol. The van der Waals surface area contributed by atoms with Gasteiger partial charge in [-0.2, -0.15) is 0 Å². The molecule has 0 radical (unpaired) electrons. The maximum Gasteiger partial charge on any atom is 0.336 e. The molecule has 3 atom stereocenters. The Morgan fingerprint density at radius 2 is 1.95 bits per heavy atom. The molecule has 1 aromatic rings. The van der Waals surface area contributed by atoms with E-state index in [-0.39, 0.29) is 29.3 Å². The number of benzene rings is 1. The van der Waals surface area contributed by atoms with Crippen molar-refractivity contribution >= 4 is 11.9 Å². The van der Waals surface area contributed by atoms with Crippen LogP contribution < -0.4 is 0 Å². The van der Waals surface area contributed by atoms with Crippen LogP contribution in [0.15, 0.2) is 18.2 Å². The van der Waals surface area contributed by atoms with Gasteiger partial charge in [-0.15, -0.1) is 0 Å². The van der Waals surface area contributed by atoms with Crippen molar-refractivity contribution in [1.82, 2.24) is 0 Å². The number of epoxide rings is 1. The molecule has 3 rings (SSSR count). The van der Waals surface area contributed by atoms with E-state index in [1.165, 1.54) is 6.07 Å². The number of carboxylic acid groups (broad SMARTS) is 2. The van der Waals surface area contributed by atoms with Crippen LogP contribution in [0.4, 0.5) is 0 Å². The van der Waals surface area contributed by atoms with Gasteiger partial charge in [-0.3, -0.25) is 0 Å². The molecule has 0 bridgehead atoms. The molecule has 2 fully saturated rings. The van der Waals surface area contributed by atoms with Crippen molar-refractivity contribution in [3.8, 4) is 0 Å². The first-order valence-electron chi connectivity index (χ1n) is 6.34. The molecule has 19 heavy (non-hydrogen) atoms. The van der Waals surface area contributed by atoms with Gasteiger partial charge in [0.1, 0.15) is 0 Å². The number of fused-ring (bicyclic) bond motifs is 1. The summed E-state index contributed by atoms with van der Waals surface area (Å²) in [5.41, 5.74) is 0.364. The Balaban J connectivity index is 2.07. The van der Waals surface area contributed by atoms with Crippen molar-refractivity contribution in [1.29, 1.82) is 0 Å². The molecule has 1 aliphatic heterocycles. The second-order valence-corrected chi connectivity index (χ2v) is 5.06. The lowest BCUT2D eigenvalue weighted by molar-refractivity contribution is 0.0649. The van der Waals surface area contributed by atoms with Crippen LogP contribution in [0.3, 0.4) is 0 Å². The molecule has 1 saturated carbocycles. The minimum absolute atomic E-state index is 0.00384. The molecule has 1 aliphatic carbocycles. The lowest BCUT2D eigenvalue weighted by Crippen LogP contribution is -2.20. The highest BCUT2D eigenvalue weighted by atomic mass is 16.6. The van der Waals surface area contributed by atoms with Crippen molar-refractivity contribution in [2.75, 3.05) is 0 Å². The van der Waals surface area contributed by atoms with Gasteiger partial charge in [-0.25, -0.2) is 9.59 Å². The Labute approximate surface area is 109 Å². The maximum absolute atomic E-state index is 11.4. The van der Waals surface area contributed by atoms with Gasteiger partial charge in [0.05, 0.1) is 23.3 Å². The number of hydrogen-bond acceptors (Lipinski definition) is 3. The molecule has 0 amide bonds. The van der Waals surface area contributed by atoms with Crippen molar-refractivity contribution in [2.45, 2.75) is 37.4 Å². The van der Waals surface area contributed by atoms with Gasteiger partial charge in [0, 0.05) is 5.92 Å². The number of rotatable bonds is 3. The summed E-state index contributed by atoms with van der Waals surface area (Å²) in [5.74, 6) is -2.39. The van der Waals surface area contributed by atoms with Crippen LogP contribution in [0, 0.1) is 0 Å². The average molecular weight is 262 g/mol. The fourth-order valence-corrected chi connectivity index (χ4v) is 3.07. The maximum atomic E-state index is 11.4. The molecular formula is C14H14O5. The topological polar surface area (TPSA) is 87.1 Å². The van der Waals surface area contributed by atoms with Gasteiger partial charge in [-0.1, -0.05) is 18.6 Å². The van der Waals surface area contributed by atoms with Crippen LogP contribution >= 0.6 is 0 Å². The van der Waals surface area contributed by atoms with Crippen molar-refractivity contribution in [3.63, 3.8) is 0 Å². The summed E-state index contributed by atoms with van der Waals surface area (Å²) < 4.78 is 5.54.